The zero-order valence-corrected chi connectivity index (χ0v) is 15.7. The van der Waals surface area contributed by atoms with Crippen molar-refractivity contribution in [2.24, 2.45) is 0 Å². The van der Waals surface area contributed by atoms with E-state index >= 15 is 0 Å². The highest BCUT2D eigenvalue weighted by atomic mass is 32.2. The second-order valence-electron chi connectivity index (χ2n) is 5.78. The van der Waals surface area contributed by atoms with E-state index in [-0.39, 0.29) is 17.3 Å². The number of benzene rings is 2. The highest BCUT2D eigenvalue weighted by Gasteiger charge is 2.23. The molecular weight excluding hydrogens is 356 g/mol. The Morgan fingerprint density at radius 2 is 1.73 bits per heavy atom. The molecule has 140 valence electrons. The third kappa shape index (κ3) is 4.81. The summed E-state index contributed by atoms with van der Waals surface area (Å²) in [5, 5.41) is 12.9. The summed E-state index contributed by atoms with van der Waals surface area (Å²) in [6.45, 7) is 1.28. The SMILES string of the molecule is COc1ccc(C(O)CN(C)S(=O)(=O)c2ccc(NC(C)=O)cc2)cc1. The summed E-state index contributed by atoms with van der Waals surface area (Å²) in [7, 11) is -0.813. The van der Waals surface area contributed by atoms with Crippen molar-refractivity contribution in [1.82, 2.24) is 4.31 Å². The molecule has 0 bridgehead atoms. The van der Waals surface area contributed by atoms with Crippen molar-refractivity contribution in [3.8, 4) is 5.75 Å². The van der Waals surface area contributed by atoms with Gasteiger partial charge in [-0.05, 0) is 42.0 Å². The van der Waals surface area contributed by atoms with Crippen LogP contribution < -0.4 is 10.1 Å². The summed E-state index contributed by atoms with van der Waals surface area (Å²) in [6, 6.07) is 12.6. The number of ether oxygens (including phenoxy) is 1. The number of anilines is 1. The quantitative estimate of drug-likeness (QED) is 0.768. The molecule has 0 radical (unpaired) electrons. The number of carbonyl (C=O) groups is 1. The number of carbonyl (C=O) groups excluding carboxylic acids is 1. The molecule has 1 unspecified atom stereocenters. The van der Waals surface area contributed by atoms with Crippen LogP contribution in [-0.4, -0.2) is 44.4 Å². The fourth-order valence-corrected chi connectivity index (χ4v) is 3.54. The van der Waals surface area contributed by atoms with Gasteiger partial charge in [-0.1, -0.05) is 12.1 Å². The number of rotatable bonds is 7. The van der Waals surface area contributed by atoms with Gasteiger partial charge in [0, 0.05) is 26.2 Å². The maximum absolute atomic E-state index is 12.6. The Labute approximate surface area is 153 Å². The number of nitrogens with zero attached hydrogens (tertiary/aromatic N) is 1. The first kappa shape index (κ1) is 19.9. The standard InChI is InChI=1S/C18H22N2O5S/c1-13(21)19-15-6-10-17(11-7-15)26(23,24)20(2)12-18(22)14-4-8-16(25-3)9-5-14/h4-11,18,22H,12H2,1-3H3,(H,19,21). The van der Waals surface area contributed by atoms with Crippen LogP contribution in [0.15, 0.2) is 53.4 Å². The molecule has 0 aromatic heterocycles. The second kappa shape index (κ2) is 8.31. The van der Waals surface area contributed by atoms with Crippen LogP contribution in [0.25, 0.3) is 0 Å². The molecule has 7 nitrogen and oxygen atoms in total. The summed E-state index contributed by atoms with van der Waals surface area (Å²) < 4.78 is 31.4. The molecule has 0 aliphatic rings. The first-order chi connectivity index (χ1) is 12.2. The van der Waals surface area contributed by atoms with Crippen LogP contribution in [0.3, 0.4) is 0 Å². The summed E-state index contributed by atoms with van der Waals surface area (Å²) in [5.74, 6) is 0.418. The van der Waals surface area contributed by atoms with Crippen LogP contribution in [0.5, 0.6) is 5.75 Å². The van der Waals surface area contributed by atoms with Gasteiger partial charge in [0.15, 0.2) is 0 Å². The van der Waals surface area contributed by atoms with Crippen molar-refractivity contribution >= 4 is 21.6 Å². The average Bonchev–Trinajstić information content (AvgIpc) is 2.61. The first-order valence-electron chi connectivity index (χ1n) is 7.90. The van der Waals surface area contributed by atoms with E-state index in [9.17, 15) is 18.3 Å². The minimum Gasteiger partial charge on any atom is -0.497 e. The van der Waals surface area contributed by atoms with Crippen LogP contribution >= 0.6 is 0 Å². The Balaban J connectivity index is 2.10. The predicted molar refractivity (Wildman–Crippen MR) is 98.5 cm³/mol. The Kier molecular flexibility index (Phi) is 6.36. The van der Waals surface area contributed by atoms with E-state index in [0.29, 0.717) is 17.0 Å². The van der Waals surface area contributed by atoms with Crippen molar-refractivity contribution in [1.29, 1.82) is 0 Å². The van der Waals surface area contributed by atoms with E-state index in [1.807, 2.05) is 0 Å². The van der Waals surface area contributed by atoms with Crippen molar-refractivity contribution in [3.63, 3.8) is 0 Å². The first-order valence-corrected chi connectivity index (χ1v) is 9.34. The fraction of sp³-hybridized carbons (Fsp3) is 0.278. The van der Waals surface area contributed by atoms with E-state index in [2.05, 4.69) is 5.32 Å². The lowest BCUT2D eigenvalue weighted by molar-refractivity contribution is -0.114. The summed E-state index contributed by atoms with van der Waals surface area (Å²) in [6.07, 6.45) is -0.973. The zero-order valence-electron chi connectivity index (χ0n) is 14.8. The van der Waals surface area contributed by atoms with E-state index < -0.39 is 16.1 Å². The molecule has 0 aliphatic heterocycles. The minimum absolute atomic E-state index is 0.0797. The molecule has 2 aromatic carbocycles. The average molecular weight is 378 g/mol. The minimum atomic E-state index is -3.76. The number of nitrogens with one attached hydrogen (secondary N) is 1. The number of amides is 1. The molecule has 26 heavy (non-hydrogen) atoms. The normalized spacial score (nSPS) is 12.7. The van der Waals surface area contributed by atoms with Crippen molar-refractivity contribution in [3.05, 3.63) is 54.1 Å². The third-order valence-corrected chi connectivity index (χ3v) is 5.65. The summed E-state index contributed by atoms with van der Waals surface area (Å²) >= 11 is 0. The Morgan fingerprint density at radius 3 is 2.23 bits per heavy atom. The second-order valence-corrected chi connectivity index (χ2v) is 7.82. The molecule has 0 fully saturated rings. The maximum Gasteiger partial charge on any atom is 0.242 e. The molecule has 0 aliphatic carbocycles. The van der Waals surface area contributed by atoms with Crippen LogP contribution in [0.2, 0.25) is 0 Å². The van der Waals surface area contributed by atoms with Crippen LogP contribution in [0.1, 0.15) is 18.6 Å². The third-order valence-electron chi connectivity index (χ3n) is 3.81. The van der Waals surface area contributed by atoms with Crippen molar-refractivity contribution in [2.75, 3.05) is 26.0 Å². The lowest BCUT2D eigenvalue weighted by atomic mass is 10.1. The van der Waals surface area contributed by atoms with Crippen molar-refractivity contribution in [2.45, 2.75) is 17.9 Å². The van der Waals surface area contributed by atoms with Gasteiger partial charge in [-0.2, -0.15) is 4.31 Å². The molecule has 2 aromatic rings. The molecule has 8 heteroatoms. The molecule has 0 spiro atoms. The van der Waals surface area contributed by atoms with Gasteiger partial charge >= 0.3 is 0 Å². The number of methoxy groups -OCH3 is 1. The molecule has 2 rings (SSSR count). The molecule has 0 saturated carbocycles. The number of hydrogen-bond donors (Lipinski definition) is 2. The maximum atomic E-state index is 12.6. The largest absolute Gasteiger partial charge is 0.497 e. The van der Waals surface area contributed by atoms with E-state index in [4.69, 9.17) is 4.74 Å². The van der Waals surface area contributed by atoms with Gasteiger partial charge in [0.25, 0.3) is 0 Å². The Morgan fingerprint density at radius 1 is 1.15 bits per heavy atom. The van der Waals surface area contributed by atoms with Gasteiger partial charge in [0.1, 0.15) is 5.75 Å². The lowest BCUT2D eigenvalue weighted by Gasteiger charge is -2.21. The van der Waals surface area contributed by atoms with Gasteiger partial charge in [-0.15, -0.1) is 0 Å². The lowest BCUT2D eigenvalue weighted by Crippen LogP contribution is -2.31. The van der Waals surface area contributed by atoms with Gasteiger partial charge < -0.3 is 15.2 Å². The van der Waals surface area contributed by atoms with Crippen LogP contribution in [0, 0.1) is 0 Å². The van der Waals surface area contributed by atoms with Gasteiger partial charge in [0.2, 0.25) is 15.9 Å². The van der Waals surface area contributed by atoms with Gasteiger partial charge in [-0.25, -0.2) is 8.42 Å². The summed E-state index contributed by atoms with van der Waals surface area (Å²) in [5.41, 5.74) is 1.10. The van der Waals surface area contributed by atoms with Crippen LogP contribution in [-0.2, 0) is 14.8 Å². The number of aliphatic hydroxyl groups is 1. The zero-order chi connectivity index (χ0) is 19.3. The van der Waals surface area contributed by atoms with E-state index in [1.54, 1.807) is 31.4 Å². The number of likely N-dealkylation sites (N-methyl/N-ethyl adjacent to an activating group) is 1. The molecule has 0 heterocycles. The highest BCUT2D eigenvalue weighted by molar-refractivity contribution is 7.89. The predicted octanol–water partition coefficient (Wildman–Crippen LogP) is 2.01. The molecule has 1 atom stereocenters. The molecular formula is C18H22N2O5S. The van der Waals surface area contributed by atoms with Crippen LogP contribution in [0.4, 0.5) is 5.69 Å². The monoisotopic (exact) mass is 378 g/mol. The van der Waals surface area contributed by atoms with Gasteiger partial charge in [-0.3, -0.25) is 4.79 Å². The number of hydrogen-bond acceptors (Lipinski definition) is 5. The molecule has 2 N–H and O–H groups in total. The number of sulfonamides is 1. The highest BCUT2D eigenvalue weighted by Crippen LogP contribution is 2.22. The number of aliphatic hydroxyl groups excluding tert-OH is 1. The molecule has 1 amide bonds. The summed E-state index contributed by atoms with van der Waals surface area (Å²) in [4.78, 5) is 11.1. The smallest absolute Gasteiger partial charge is 0.242 e. The Bertz CT molecular complexity index is 848. The van der Waals surface area contributed by atoms with E-state index in [1.165, 1.54) is 38.2 Å². The fourth-order valence-electron chi connectivity index (χ4n) is 2.37. The van der Waals surface area contributed by atoms with E-state index in [0.717, 1.165) is 4.31 Å². The van der Waals surface area contributed by atoms with Crippen molar-refractivity contribution < 1.29 is 23.1 Å². The topological polar surface area (TPSA) is 95.9 Å². The van der Waals surface area contributed by atoms with Gasteiger partial charge in [0.05, 0.1) is 18.1 Å². The Hall–Kier alpha value is -2.42. The molecule has 0 saturated heterocycles.